The zero-order chi connectivity index (χ0) is 13.9. The van der Waals surface area contributed by atoms with Gasteiger partial charge in [0.2, 0.25) is 0 Å². The number of benzene rings is 2. The van der Waals surface area contributed by atoms with Gasteiger partial charge in [0.05, 0.1) is 0 Å². The molecule has 0 aliphatic carbocycles. The molecule has 1 N–H and O–H groups in total. The highest BCUT2D eigenvalue weighted by atomic mass is 79.9. The monoisotopic (exact) mass is 347 g/mol. The Morgan fingerprint density at radius 3 is 2.75 bits per heavy atom. The van der Waals surface area contributed by atoms with Crippen LogP contribution < -0.4 is 5.32 Å². The number of rotatable bonds is 3. The van der Waals surface area contributed by atoms with Gasteiger partial charge in [-0.3, -0.25) is 0 Å². The SMILES string of the molecule is C[C@H](NC1CSCc2ccccc21)c1ccccc1Br. The molecule has 0 fully saturated rings. The van der Waals surface area contributed by atoms with Gasteiger partial charge in [0.1, 0.15) is 0 Å². The summed E-state index contributed by atoms with van der Waals surface area (Å²) in [5.41, 5.74) is 4.26. The van der Waals surface area contributed by atoms with Crippen LogP contribution in [-0.2, 0) is 5.75 Å². The van der Waals surface area contributed by atoms with E-state index in [0.717, 1.165) is 11.5 Å². The number of hydrogen-bond donors (Lipinski definition) is 1. The van der Waals surface area contributed by atoms with Crippen molar-refractivity contribution in [3.63, 3.8) is 0 Å². The van der Waals surface area contributed by atoms with E-state index in [2.05, 4.69) is 76.7 Å². The second-order valence-corrected chi connectivity index (χ2v) is 7.06. The van der Waals surface area contributed by atoms with Gasteiger partial charge in [-0.15, -0.1) is 0 Å². The summed E-state index contributed by atoms with van der Waals surface area (Å²) in [6.45, 7) is 2.24. The Morgan fingerprint density at radius 1 is 1.15 bits per heavy atom. The highest BCUT2D eigenvalue weighted by Gasteiger charge is 2.22. The molecule has 0 saturated heterocycles. The van der Waals surface area contributed by atoms with Crippen molar-refractivity contribution in [3.05, 3.63) is 69.7 Å². The molecule has 1 nitrogen and oxygen atoms in total. The topological polar surface area (TPSA) is 12.0 Å². The van der Waals surface area contributed by atoms with E-state index < -0.39 is 0 Å². The standard InChI is InChI=1S/C17H18BrNS/c1-12(14-7-4-5-9-16(14)18)19-17-11-20-10-13-6-2-3-8-15(13)17/h2-9,12,17,19H,10-11H2,1H3/t12-,17?/m0/s1. The Kier molecular flexibility index (Phi) is 4.49. The van der Waals surface area contributed by atoms with Gasteiger partial charge in [-0.05, 0) is 29.7 Å². The van der Waals surface area contributed by atoms with Crippen LogP contribution in [0.2, 0.25) is 0 Å². The lowest BCUT2D eigenvalue weighted by molar-refractivity contribution is 0.494. The van der Waals surface area contributed by atoms with Crippen LogP contribution >= 0.6 is 27.7 Å². The van der Waals surface area contributed by atoms with Gasteiger partial charge >= 0.3 is 0 Å². The summed E-state index contributed by atoms with van der Waals surface area (Å²) in [5.74, 6) is 2.28. The molecule has 0 spiro atoms. The Hall–Kier alpha value is -0.770. The van der Waals surface area contributed by atoms with E-state index >= 15 is 0 Å². The minimum Gasteiger partial charge on any atom is -0.303 e. The molecule has 1 aliphatic heterocycles. The molecule has 1 heterocycles. The summed E-state index contributed by atoms with van der Waals surface area (Å²) < 4.78 is 1.18. The average Bonchev–Trinajstić information content (AvgIpc) is 2.48. The molecule has 2 aromatic rings. The first-order chi connectivity index (χ1) is 9.75. The number of halogens is 1. The largest absolute Gasteiger partial charge is 0.303 e. The Morgan fingerprint density at radius 2 is 1.90 bits per heavy atom. The van der Waals surface area contributed by atoms with E-state index in [0.29, 0.717) is 12.1 Å². The number of fused-ring (bicyclic) bond motifs is 1. The third kappa shape index (κ3) is 2.95. The minimum absolute atomic E-state index is 0.335. The van der Waals surface area contributed by atoms with Crippen LogP contribution in [0, 0.1) is 0 Å². The van der Waals surface area contributed by atoms with Crippen molar-refractivity contribution in [2.75, 3.05) is 5.75 Å². The Balaban J connectivity index is 1.81. The first-order valence-corrected chi connectivity index (χ1v) is 8.86. The van der Waals surface area contributed by atoms with Gasteiger partial charge in [-0.2, -0.15) is 11.8 Å². The van der Waals surface area contributed by atoms with Crippen molar-refractivity contribution in [3.8, 4) is 0 Å². The number of nitrogens with one attached hydrogen (secondary N) is 1. The van der Waals surface area contributed by atoms with Crippen LogP contribution in [0.15, 0.2) is 53.0 Å². The van der Waals surface area contributed by atoms with Crippen LogP contribution in [0.3, 0.4) is 0 Å². The third-order valence-electron chi connectivity index (χ3n) is 3.80. The molecule has 2 aromatic carbocycles. The van der Waals surface area contributed by atoms with E-state index in [1.165, 1.54) is 21.2 Å². The summed E-state index contributed by atoms with van der Waals surface area (Å²) >= 11 is 5.66. The molecular weight excluding hydrogens is 330 g/mol. The maximum Gasteiger partial charge on any atom is 0.0419 e. The molecule has 3 heteroatoms. The van der Waals surface area contributed by atoms with Crippen molar-refractivity contribution in [1.29, 1.82) is 0 Å². The van der Waals surface area contributed by atoms with Gasteiger partial charge < -0.3 is 5.32 Å². The van der Waals surface area contributed by atoms with E-state index in [1.54, 1.807) is 0 Å². The van der Waals surface area contributed by atoms with Gasteiger partial charge in [0, 0.05) is 28.1 Å². The highest BCUT2D eigenvalue weighted by molar-refractivity contribution is 9.10. The smallest absolute Gasteiger partial charge is 0.0419 e. The predicted molar refractivity (Wildman–Crippen MR) is 91.0 cm³/mol. The minimum atomic E-state index is 0.335. The summed E-state index contributed by atoms with van der Waals surface area (Å²) in [6.07, 6.45) is 0. The van der Waals surface area contributed by atoms with Gasteiger partial charge in [0.25, 0.3) is 0 Å². The zero-order valence-corrected chi connectivity index (χ0v) is 13.9. The van der Waals surface area contributed by atoms with Crippen molar-refractivity contribution < 1.29 is 0 Å². The van der Waals surface area contributed by atoms with Gasteiger partial charge in [-0.25, -0.2) is 0 Å². The van der Waals surface area contributed by atoms with E-state index in [-0.39, 0.29) is 0 Å². The molecule has 0 amide bonds. The average molecular weight is 348 g/mol. The maximum absolute atomic E-state index is 3.78. The first kappa shape index (κ1) is 14.2. The maximum atomic E-state index is 3.78. The predicted octanol–water partition coefficient (Wildman–Crippen LogP) is 5.09. The lowest BCUT2D eigenvalue weighted by Crippen LogP contribution is -2.29. The molecule has 0 aromatic heterocycles. The van der Waals surface area contributed by atoms with Crippen LogP contribution in [-0.4, -0.2) is 5.75 Å². The molecule has 0 bridgehead atoms. The summed E-state index contributed by atoms with van der Waals surface area (Å²) in [5, 5.41) is 3.78. The normalized spacial score (nSPS) is 19.4. The second-order valence-electron chi connectivity index (χ2n) is 5.18. The van der Waals surface area contributed by atoms with Gasteiger partial charge in [0.15, 0.2) is 0 Å². The zero-order valence-electron chi connectivity index (χ0n) is 11.5. The van der Waals surface area contributed by atoms with Gasteiger partial charge in [-0.1, -0.05) is 58.4 Å². The van der Waals surface area contributed by atoms with E-state index in [9.17, 15) is 0 Å². The lowest BCUT2D eigenvalue weighted by atomic mass is 10.00. The van der Waals surface area contributed by atoms with Crippen LogP contribution in [0.4, 0.5) is 0 Å². The van der Waals surface area contributed by atoms with Crippen LogP contribution in [0.25, 0.3) is 0 Å². The van der Waals surface area contributed by atoms with Crippen molar-refractivity contribution in [2.45, 2.75) is 24.8 Å². The van der Waals surface area contributed by atoms with Crippen molar-refractivity contribution in [1.82, 2.24) is 5.32 Å². The lowest BCUT2D eigenvalue weighted by Gasteiger charge is -2.29. The van der Waals surface area contributed by atoms with E-state index in [1.807, 2.05) is 11.8 Å². The molecule has 2 atom stereocenters. The fourth-order valence-electron chi connectivity index (χ4n) is 2.74. The molecular formula is C17H18BrNS. The van der Waals surface area contributed by atoms with Crippen LogP contribution in [0.1, 0.15) is 35.7 Å². The van der Waals surface area contributed by atoms with Crippen LogP contribution in [0.5, 0.6) is 0 Å². The quantitative estimate of drug-likeness (QED) is 0.829. The molecule has 104 valence electrons. The second kappa shape index (κ2) is 6.33. The Bertz CT molecular complexity index is 599. The molecule has 0 radical (unpaired) electrons. The first-order valence-electron chi connectivity index (χ1n) is 6.91. The van der Waals surface area contributed by atoms with Crippen molar-refractivity contribution >= 4 is 27.7 Å². The number of thioether (sulfide) groups is 1. The summed E-state index contributed by atoms with van der Waals surface area (Å²) in [7, 11) is 0. The van der Waals surface area contributed by atoms with Crippen molar-refractivity contribution in [2.24, 2.45) is 0 Å². The molecule has 0 saturated carbocycles. The fraction of sp³-hybridized carbons (Fsp3) is 0.294. The molecule has 3 rings (SSSR count). The molecule has 1 aliphatic rings. The highest BCUT2D eigenvalue weighted by Crippen LogP contribution is 2.34. The number of hydrogen-bond acceptors (Lipinski definition) is 2. The molecule has 20 heavy (non-hydrogen) atoms. The summed E-state index contributed by atoms with van der Waals surface area (Å²) in [6, 6.07) is 18.0. The summed E-state index contributed by atoms with van der Waals surface area (Å²) in [4.78, 5) is 0. The van der Waals surface area contributed by atoms with E-state index in [4.69, 9.17) is 0 Å². The fourth-order valence-corrected chi connectivity index (χ4v) is 4.48. The Labute approximate surface area is 133 Å². The molecule has 1 unspecified atom stereocenters. The third-order valence-corrected chi connectivity index (χ3v) is 5.60.